The van der Waals surface area contributed by atoms with Crippen molar-refractivity contribution in [2.24, 2.45) is 0 Å². The molecular weight excluding hydrogens is 277 g/mol. The summed E-state index contributed by atoms with van der Waals surface area (Å²) in [7, 11) is 0. The van der Waals surface area contributed by atoms with E-state index in [9.17, 15) is 4.39 Å². The molecule has 0 radical (unpaired) electrons. The molecule has 0 aliphatic heterocycles. The summed E-state index contributed by atoms with van der Waals surface area (Å²) in [5, 5.41) is 20.8. The third-order valence-electron chi connectivity index (χ3n) is 2.75. The topological polar surface area (TPSA) is 59.6 Å². The highest BCUT2D eigenvalue weighted by Gasteiger charge is 2.05. The van der Waals surface area contributed by atoms with Gasteiger partial charge in [-0.3, -0.25) is 0 Å². The van der Waals surface area contributed by atoms with Gasteiger partial charge >= 0.3 is 0 Å². The summed E-state index contributed by atoms with van der Waals surface area (Å²) in [6, 6.07) is 13.1. The zero-order valence-corrected chi connectivity index (χ0v) is 11.1. The lowest BCUT2D eigenvalue weighted by atomic mass is 10.1. The van der Waals surface area contributed by atoms with Crippen LogP contribution in [-0.4, -0.2) is 0 Å². The van der Waals surface area contributed by atoms with Gasteiger partial charge in [0.2, 0.25) is 0 Å². The molecule has 0 aliphatic carbocycles. The van der Waals surface area contributed by atoms with Crippen molar-refractivity contribution in [2.75, 3.05) is 5.32 Å². The number of nitrogens with one attached hydrogen (secondary N) is 1. The highest BCUT2D eigenvalue weighted by molar-refractivity contribution is 6.32. The first-order valence-electron chi connectivity index (χ1n) is 5.76. The Hall–Kier alpha value is -2.56. The summed E-state index contributed by atoms with van der Waals surface area (Å²) in [6.45, 7) is 0.264. The second-order valence-electron chi connectivity index (χ2n) is 4.08. The number of hydrogen-bond acceptors (Lipinski definition) is 3. The SMILES string of the molecule is N#Cc1ccc(CNc2ccc(C#N)c(Cl)c2)c(F)c1. The van der Waals surface area contributed by atoms with E-state index in [1.165, 1.54) is 6.07 Å². The molecule has 5 heteroatoms. The van der Waals surface area contributed by atoms with Gasteiger partial charge in [0.15, 0.2) is 0 Å². The average molecular weight is 286 g/mol. The van der Waals surface area contributed by atoms with Crippen LogP contribution in [0.25, 0.3) is 0 Å². The largest absolute Gasteiger partial charge is 0.381 e. The fourth-order valence-electron chi connectivity index (χ4n) is 1.67. The van der Waals surface area contributed by atoms with Gasteiger partial charge in [-0.1, -0.05) is 17.7 Å². The summed E-state index contributed by atoms with van der Waals surface area (Å²) in [6.07, 6.45) is 0. The van der Waals surface area contributed by atoms with Crippen molar-refractivity contribution < 1.29 is 4.39 Å². The Bertz CT molecular complexity index is 729. The lowest BCUT2D eigenvalue weighted by Crippen LogP contribution is -2.02. The summed E-state index contributed by atoms with van der Waals surface area (Å²) in [4.78, 5) is 0. The summed E-state index contributed by atoms with van der Waals surface area (Å²) >= 11 is 5.91. The van der Waals surface area contributed by atoms with E-state index < -0.39 is 5.82 Å². The van der Waals surface area contributed by atoms with Crippen LogP contribution < -0.4 is 5.32 Å². The summed E-state index contributed by atoms with van der Waals surface area (Å²) < 4.78 is 13.7. The van der Waals surface area contributed by atoms with Gasteiger partial charge in [0.1, 0.15) is 11.9 Å². The zero-order chi connectivity index (χ0) is 14.5. The maximum absolute atomic E-state index is 13.7. The minimum atomic E-state index is -0.434. The predicted molar refractivity (Wildman–Crippen MR) is 74.6 cm³/mol. The molecule has 0 spiro atoms. The van der Waals surface area contributed by atoms with Crippen LogP contribution in [0.3, 0.4) is 0 Å². The Morgan fingerprint density at radius 3 is 2.50 bits per heavy atom. The fraction of sp³-hybridized carbons (Fsp3) is 0.0667. The number of nitrogens with zero attached hydrogens (tertiary/aromatic N) is 2. The number of benzene rings is 2. The third kappa shape index (κ3) is 3.06. The number of hydrogen-bond donors (Lipinski definition) is 1. The molecule has 0 aliphatic rings. The molecule has 0 atom stereocenters. The van der Waals surface area contributed by atoms with Crippen LogP contribution in [0.15, 0.2) is 36.4 Å². The minimum Gasteiger partial charge on any atom is -0.381 e. The molecule has 20 heavy (non-hydrogen) atoms. The van der Waals surface area contributed by atoms with Crippen LogP contribution in [0, 0.1) is 28.5 Å². The average Bonchev–Trinajstić information content (AvgIpc) is 2.46. The molecular formula is C15H9ClFN3. The van der Waals surface area contributed by atoms with E-state index in [0.717, 1.165) is 0 Å². The fourth-order valence-corrected chi connectivity index (χ4v) is 1.90. The Morgan fingerprint density at radius 2 is 1.90 bits per heavy atom. The highest BCUT2D eigenvalue weighted by Crippen LogP contribution is 2.21. The molecule has 0 unspecified atom stereocenters. The van der Waals surface area contributed by atoms with Crippen molar-refractivity contribution >= 4 is 17.3 Å². The molecule has 3 nitrogen and oxygen atoms in total. The van der Waals surface area contributed by atoms with Crippen molar-refractivity contribution in [3.63, 3.8) is 0 Å². The van der Waals surface area contributed by atoms with Crippen LogP contribution in [0.1, 0.15) is 16.7 Å². The van der Waals surface area contributed by atoms with Gasteiger partial charge in [-0.2, -0.15) is 10.5 Å². The Labute approximate surface area is 120 Å². The van der Waals surface area contributed by atoms with Crippen molar-refractivity contribution in [3.8, 4) is 12.1 Å². The van der Waals surface area contributed by atoms with E-state index in [-0.39, 0.29) is 12.1 Å². The molecule has 0 heterocycles. The van der Waals surface area contributed by atoms with Crippen molar-refractivity contribution in [2.45, 2.75) is 6.54 Å². The molecule has 2 aromatic carbocycles. The predicted octanol–water partition coefficient (Wildman–Crippen LogP) is 3.83. The summed E-state index contributed by atoms with van der Waals surface area (Å²) in [5.74, 6) is -0.434. The van der Waals surface area contributed by atoms with Crippen LogP contribution in [0.4, 0.5) is 10.1 Å². The van der Waals surface area contributed by atoms with E-state index in [0.29, 0.717) is 21.8 Å². The molecule has 0 amide bonds. The first kappa shape index (κ1) is 13.9. The highest BCUT2D eigenvalue weighted by atomic mass is 35.5. The van der Waals surface area contributed by atoms with Crippen LogP contribution in [0.2, 0.25) is 5.02 Å². The molecule has 0 fully saturated rings. The van der Waals surface area contributed by atoms with E-state index in [1.54, 1.807) is 30.3 Å². The summed E-state index contributed by atoms with van der Waals surface area (Å²) in [5.41, 5.74) is 1.82. The molecule has 0 aromatic heterocycles. The van der Waals surface area contributed by atoms with E-state index in [4.69, 9.17) is 22.1 Å². The first-order chi connectivity index (χ1) is 9.63. The monoisotopic (exact) mass is 285 g/mol. The molecule has 0 bridgehead atoms. The first-order valence-corrected chi connectivity index (χ1v) is 6.14. The molecule has 98 valence electrons. The normalized spacial score (nSPS) is 9.60. The van der Waals surface area contributed by atoms with Gasteiger partial charge in [-0.05, 0) is 30.3 Å². The Kier molecular flexibility index (Phi) is 4.20. The van der Waals surface area contributed by atoms with E-state index in [2.05, 4.69) is 5.32 Å². The molecule has 2 aromatic rings. The molecule has 0 saturated carbocycles. The maximum Gasteiger partial charge on any atom is 0.129 e. The molecule has 1 N–H and O–H groups in total. The van der Waals surface area contributed by atoms with E-state index >= 15 is 0 Å². The van der Waals surface area contributed by atoms with Gasteiger partial charge < -0.3 is 5.32 Å². The quantitative estimate of drug-likeness (QED) is 0.932. The van der Waals surface area contributed by atoms with Crippen LogP contribution in [0.5, 0.6) is 0 Å². The van der Waals surface area contributed by atoms with Crippen LogP contribution in [-0.2, 0) is 6.54 Å². The van der Waals surface area contributed by atoms with Crippen molar-refractivity contribution in [3.05, 3.63) is 63.9 Å². The minimum absolute atomic E-state index is 0.264. The molecule has 0 saturated heterocycles. The standard InChI is InChI=1S/C15H9ClFN3/c16-14-6-13(4-3-11(14)8-19)20-9-12-2-1-10(7-18)5-15(12)17/h1-6,20H,9H2. The molecule has 2 rings (SSSR count). The lowest BCUT2D eigenvalue weighted by molar-refractivity contribution is 0.612. The third-order valence-corrected chi connectivity index (χ3v) is 3.07. The second kappa shape index (κ2) is 6.06. The van der Waals surface area contributed by atoms with Gasteiger partial charge in [-0.25, -0.2) is 4.39 Å². The van der Waals surface area contributed by atoms with Crippen LogP contribution >= 0.6 is 11.6 Å². The lowest BCUT2D eigenvalue weighted by Gasteiger charge is -2.08. The van der Waals surface area contributed by atoms with Gasteiger partial charge in [0.05, 0.1) is 22.2 Å². The number of rotatable bonds is 3. The number of halogens is 2. The Morgan fingerprint density at radius 1 is 1.10 bits per heavy atom. The Balaban J connectivity index is 2.11. The van der Waals surface area contributed by atoms with Crippen molar-refractivity contribution in [1.82, 2.24) is 0 Å². The smallest absolute Gasteiger partial charge is 0.129 e. The second-order valence-corrected chi connectivity index (χ2v) is 4.49. The van der Waals surface area contributed by atoms with Crippen molar-refractivity contribution in [1.29, 1.82) is 10.5 Å². The number of anilines is 1. The van der Waals surface area contributed by atoms with Gasteiger partial charge in [0, 0.05) is 17.8 Å². The number of nitriles is 2. The van der Waals surface area contributed by atoms with Gasteiger partial charge in [0.25, 0.3) is 0 Å². The zero-order valence-electron chi connectivity index (χ0n) is 10.3. The maximum atomic E-state index is 13.7. The van der Waals surface area contributed by atoms with E-state index in [1.807, 2.05) is 12.1 Å². The van der Waals surface area contributed by atoms with Gasteiger partial charge in [-0.15, -0.1) is 0 Å².